The van der Waals surface area contributed by atoms with Crippen molar-refractivity contribution >= 4 is 22.2 Å². The van der Waals surface area contributed by atoms with Crippen LogP contribution < -0.4 is 10.1 Å². The van der Waals surface area contributed by atoms with Gasteiger partial charge in [0, 0.05) is 24.0 Å². The molecule has 0 bridgehead atoms. The molecule has 4 heteroatoms. The van der Waals surface area contributed by atoms with Gasteiger partial charge in [0.1, 0.15) is 5.75 Å². The summed E-state index contributed by atoms with van der Waals surface area (Å²) >= 11 is 1.73. The number of ether oxygens (including phenoxy) is 1. The zero-order valence-electron chi connectivity index (χ0n) is 15.5. The Morgan fingerprint density at radius 1 is 1.04 bits per heavy atom. The Morgan fingerprint density at radius 3 is 2.74 bits per heavy atom. The molecule has 2 heterocycles. The number of thiophene rings is 1. The molecule has 0 aliphatic heterocycles. The topological polar surface area (TPSA) is 34.1 Å². The average molecular weight is 375 g/mol. The van der Waals surface area contributed by atoms with Gasteiger partial charge in [0.25, 0.3) is 0 Å². The molecule has 27 heavy (non-hydrogen) atoms. The molecular formula is C23H22N2OS. The first kappa shape index (κ1) is 17.7. The largest absolute Gasteiger partial charge is 0.496 e. The van der Waals surface area contributed by atoms with Crippen LogP contribution in [0.2, 0.25) is 0 Å². The van der Waals surface area contributed by atoms with Crippen LogP contribution >= 0.6 is 11.3 Å². The van der Waals surface area contributed by atoms with E-state index in [1.807, 2.05) is 18.2 Å². The second kappa shape index (κ2) is 7.91. The van der Waals surface area contributed by atoms with E-state index >= 15 is 0 Å². The fourth-order valence-electron chi connectivity index (χ4n) is 3.28. The Kier molecular flexibility index (Phi) is 5.19. The Labute approximate surface area is 163 Å². The minimum atomic E-state index is 0.750. The second-order valence-corrected chi connectivity index (χ2v) is 7.41. The van der Waals surface area contributed by atoms with Gasteiger partial charge in [0.2, 0.25) is 0 Å². The van der Waals surface area contributed by atoms with Gasteiger partial charge in [0.05, 0.1) is 18.3 Å². The van der Waals surface area contributed by atoms with Crippen LogP contribution in [0.25, 0.3) is 22.2 Å². The van der Waals surface area contributed by atoms with E-state index in [9.17, 15) is 0 Å². The Hall–Kier alpha value is -2.69. The number of para-hydroxylation sites is 1. The molecule has 1 N–H and O–H groups in total. The third-order valence-electron chi connectivity index (χ3n) is 4.64. The standard InChI is InChI=1S/C23H22N2OS/c1-16-7-8-21-18(11-16)12-19(14-24-13-17-9-10-27-15-17)23(25-21)20-5-3-4-6-22(20)26-2/h3-12,15,24H,13-14H2,1-2H3. The summed E-state index contributed by atoms with van der Waals surface area (Å²) < 4.78 is 5.59. The predicted molar refractivity (Wildman–Crippen MR) is 113 cm³/mol. The first-order valence-corrected chi connectivity index (χ1v) is 9.94. The van der Waals surface area contributed by atoms with Crippen LogP contribution in [0.5, 0.6) is 5.75 Å². The molecule has 136 valence electrons. The molecule has 0 saturated carbocycles. The molecule has 0 radical (unpaired) electrons. The molecule has 2 aromatic heterocycles. The highest BCUT2D eigenvalue weighted by Gasteiger charge is 2.13. The number of aryl methyl sites for hydroxylation is 1. The van der Waals surface area contributed by atoms with Crippen LogP contribution in [0.1, 0.15) is 16.7 Å². The maximum absolute atomic E-state index is 5.59. The lowest BCUT2D eigenvalue weighted by Gasteiger charge is -2.14. The van der Waals surface area contributed by atoms with Crippen LogP contribution in [0.15, 0.2) is 65.4 Å². The summed E-state index contributed by atoms with van der Waals surface area (Å²) in [5.41, 5.74) is 6.72. The van der Waals surface area contributed by atoms with Crippen LogP contribution in [0.4, 0.5) is 0 Å². The van der Waals surface area contributed by atoms with Gasteiger partial charge in [-0.1, -0.05) is 23.8 Å². The first-order valence-electron chi connectivity index (χ1n) is 9.00. The number of nitrogens with one attached hydrogen (secondary N) is 1. The fraction of sp³-hybridized carbons (Fsp3) is 0.174. The Bertz CT molecular complexity index is 1060. The summed E-state index contributed by atoms with van der Waals surface area (Å²) in [4.78, 5) is 4.99. The number of hydrogen-bond donors (Lipinski definition) is 1. The molecule has 0 saturated heterocycles. The number of fused-ring (bicyclic) bond motifs is 1. The monoisotopic (exact) mass is 374 g/mol. The van der Waals surface area contributed by atoms with E-state index in [4.69, 9.17) is 9.72 Å². The van der Waals surface area contributed by atoms with Crippen molar-refractivity contribution in [3.8, 4) is 17.0 Å². The fourth-order valence-corrected chi connectivity index (χ4v) is 3.95. The van der Waals surface area contributed by atoms with E-state index in [-0.39, 0.29) is 0 Å². The minimum absolute atomic E-state index is 0.750. The average Bonchev–Trinajstić information content (AvgIpc) is 3.21. The number of methoxy groups -OCH3 is 1. The van der Waals surface area contributed by atoms with E-state index in [1.165, 1.54) is 22.1 Å². The number of rotatable bonds is 6. The van der Waals surface area contributed by atoms with Gasteiger partial charge < -0.3 is 10.1 Å². The lowest BCUT2D eigenvalue weighted by molar-refractivity contribution is 0.416. The quantitative estimate of drug-likeness (QED) is 0.479. The van der Waals surface area contributed by atoms with Crippen molar-refractivity contribution in [1.29, 1.82) is 0 Å². The molecule has 4 rings (SSSR count). The van der Waals surface area contributed by atoms with Crippen LogP contribution in [-0.2, 0) is 13.1 Å². The molecule has 0 unspecified atom stereocenters. The van der Waals surface area contributed by atoms with Crippen molar-refractivity contribution in [3.63, 3.8) is 0 Å². The van der Waals surface area contributed by atoms with E-state index in [0.717, 1.165) is 35.6 Å². The third kappa shape index (κ3) is 3.87. The molecule has 0 aliphatic carbocycles. The molecule has 3 nitrogen and oxygen atoms in total. The van der Waals surface area contributed by atoms with Gasteiger partial charge in [-0.15, -0.1) is 0 Å². The lowest BCUT2D eigenvalue weighted by atomic mass is 10.0. The van der Waals surface area contributed by atoms with E-state index in [2.05, 4.69) is 59.4 Å². The van der Waals surface area contributed by atoms with Crippen molar-refractivity contribution < 1.29 is 4.74 Å². The SMILES string of the molecule is COc1ccccc1-c1nc2ccc(C)cc2cc1CNCc1ccsc1. The molecule has 0 spiro atoms. The summed E-state index contributed by atoms with van der Waals surface area (Å²) in [6.45, 7) is 3.71. The Morgan fingerprint density at radius 2 is 1.93 bits per heavy atom. The molecular weight excluding hydrogens is 352 g/mol. The Balaban J connectivity index is 1.75. The van der Waals surface area contributed by atoms with Crippen LogP contribution in [-0.4, -0.2) is 12.1 Å². The van der Waals surface area contributed by atoms with E-state index < -0.39 is 0 Å². The summed E-state index contributed by atoms with van der Waals surface area (Å²) in [5.74, 6) is 0.843. The molecule has 0 amide bonds. The molecule has 4 aromatic rings. The van der Waals surface area contributed by atoms with Crippen molar-refractivity contribution in [1.82, 2.24) is 10.3 Å². The smallest absolute Gasteiger partial charge is 0.128 e. The maximum Gasteiger partial charge on any atom is 0.128 e. The number of hydrogen-bond acceptors (Lipinski definition) is 4. The normalized spacial score (nSPS) is 11.0. The summed E-state index contributed by atoms with van der Waals surface area (Å²) in [7, 11) is 1.71. The number of benzene rings is 2. The molecule has 0 fully saturated rings. The van der Waals surface area contributed by atoms with Gasteiger partial charge in [-0.25, -0.2) is 4.98 Å². The van der Waals surface area contributed by atoms with Crippen LogP contribution in [0, 0.1) is 6.92 Å². The number of aromatic nitrogens is 1. The lowest BCUT2D eigenvalue weighted by Crippen LogP contribution is -2.13. The van der Waals surface area contributed by atoms with Crippen molar-refractivity contribution in [3.05, 3.63) is 82.0 Å². The maximum atomic E-state index is 5.59. The van der Waals surface area contributed by atoms with Crippen molar-refractivity contribution in [2.24, 2.45) is 0 Å². The van der Waals surface area contributed by atoms with Gasteiger partial charge in [-0.2, -0.15) is 11.3 Å². The second-order valence-electron chi connectivity index (χ2n) is 6.63. The van der Waals surface area contributed by atoms with Gasteiger partial charge in [-0.05, 0) is 65.2 Å². The first-order chi connectivity index (χ1) is 13.2. The summed E-state index contributed by atoms with van der Waals surface area (Å²) in [6.07, 6.45) is 0. The summed E-state index contributed by atoms with van der Waals surface area (Å²) in [5, 5.41) is 9.01. The van der Waals surface area contributed by atoms with Crippen LogP contribution in [0.3, 0.4) is 0 Å². The van der Waals surface area contributed by atoms with E-state index in [1.54, 1.807) is 18.4 Å². The zero-order chi connectivity index (χ0) is 18.6. The highest BCUT2D eigenvalue weighted by Crippen LogP contribution is 2.32. The van der Waals surface area contributed by atoms with Crippen molar-refractivity contribution in [2.45, 2.75) is 20.0 Å². The third-order valence-corrected chi connectivity index (χ3v) is 5.37. The van der Waals surface area contributed by atoms with Gasteiger partial charge in [-0.3, -0.25) is 0 Å². The molecule has 0 aliphatic rings. The number of pyridine rings is 1. The highest BCUT2D eigenvalue weighted by molar-refractivity contribution is 7.07. The summed E-state index contributed by atoms with van der Waals surface area (Å²) in [6, 6.07) is 18.9. The van der Waals surface area contributed by atoms with Gasteiger partial charge >= 0.3 is 0 Å². The van der Waals surface area contributed by atoms with Gasteiger partial charge in [0.15, 0.2) is 0 Å². The minimum Gasteiger partial charge on any atom is -0.496 e. The number of nitrogens with zero attached hydrogens (tertiary/aromatic N) is 1. The highest BCUT2D eigenvalue weighted by atomic mass is 32.1. The molecule has 0 atom stereocenters. The molecule has 2 aromatic carbocycles. The zero-order valence-corrected chi connectivity index (χ0v) is 16.3. The predicted octanol–water partition coefficient (Wildman–Crippen LogP) is 5.57. The van der Waals surface area contributed by atoms with E-state index in [0.29, 0.717) is 0 Å². The van der Waals surface area contributed by atoms with Crippen molar-refractivity contribution in [2.75, 3.05) is 7.11 Å².